The number of hydrogen-bond donors (Lipinski definition) is 0. The van der Waals surface area contributed by atoms with Crippen molar-refractivity contribution < 1.29 is 0 Å². The molecular formula is C89H68N2. The SMILES string of the molecule is CC1(C)c2cc(/C=C/c3ccc4c(c3)C(C)(C)c3cc(N(c5cccc6ccccc56)c5cccc6ccccc56)ccc3-4)ccc2-c2ccc(/C=C/c3ccc4c(c3)C(C)(C)c3cc(N(c5cccc6ccccc56)c5cccc6ccccc56)ccc3-4)cc21. The lowest BCUT2D eigenvalue weighted by Crippen LogP contribution is -2.17. The minimum atomic E-state index is -0.218. The van der Waals surface area contributed by atoms with E-state index in [1.165, 1.54) is 155 Å². The zero-order valence-corrected chi connectivity index (χ0v) is 52.3. The van der Waals surface area contributed by atoms with Crippen LogP contribution < -0.4 is 9.80 Å². The molecule has 0 bridgehead atoms. The van der Waals surface area contributed by atoms with Crippen LogP contribution in [0.4, 0.5) is 34.1 Å². The molecule has 17 rings (SSSR count). The Hall–Kier alpha value is -10.8. The van der Waals surface area contributed by atoms with Gasteiger partial charge in [-0.05, 0) is 159 Å². The first-order valence-electron chi connectivity index (χ1n) is 32.1. The van der Waals surface area contributed by atoms with E-state index in [-0.39, 0.29) is 16.2 Å². The highest BCUT2D eigenvalue weighted by molar-refractivity contribution is 6.07. The summed E-state index contributed by atoms with van der Waals surface area (Å²) in [5, 5.41) is 9.81. The standard InChI is InChI=1S/C89H68N2/c1-87(2)77-51-57(35-37-59-41-47-73-75-49-43-65(55-81(75)88(3,4)79(73)53-59)90(83-31-15-23-61-19-7-11-27-67(61)83)84-32-16-24-62-20-8-12-28-68(62)84)39-45-71(77)72-46-40-58(52-78(72)87)36-38-60-42-48-74-76-50-44-66(56-82(76)89(5,6)80(74)54-60)91(85-33-17-25-63-21-9-13-29-69(63)85)86-34-18-26-64-22-10-14-30-70(64)86/h7-56H,1-6H3/b37-35+,38-36+. The molecule has 0 fully saturated rings. The zero-order chi connectivity index (χ0) is 61.3. The van der Waals surface area contributed by atoms with E-state index in [9.17, 15) is 0 Å². The van der Waals surface area contributed by atoms with Crippen LogP contribution in [0.1, 0.15) is 97.2 Å². The van der Waals surface area contributed by atoms with E-state index in [4.69, 9.17) is 0 Å². The monoisotopic (exact) mass is 1160 g/mol. The van der Waals surface area contributed by atoms with Gasteiger partial charge in [0.25, 0.3) is 0 Å². The summed E-state index contributed by atoms with van der Waals surface area (Å²) < 4.78 is 0. The number of benzene rings is 14. The molecule has 0 spiro atoms. The van der Waals surface area contributed by atoms with Crippen molar-refractivity contribution in [2.24, 2.45) is 0 Å². The molecule has 0 amide bonds. The third-order valence-electron chi connectivity index (χ3n) is 20.6. The maximum absolute atomic E-state index is 2.48. The molecule has 91 heavy (non-hydrogen) atoms. The molecule has 0 radical (unpaired) electrons. The van der Waals surface area contributed by atoms with Crippen molar-refractivity contribution in [2.75, 3.05) is 9.80 Å². The summed E-state index contributed by atoms with van der Waals surface area (Å²) in [5.74, 6) is 0. The van der Waals surface area contributed by atoms with Gasteiger partial charge >= 0.3 is 0 Å². The fourth-order valence-corrected chi connectivity index (χ4v) is 15.8. The molecule has 0 saturated carbocycles. The molecule has 3 aliphatic carbocycles. The normalized spacial score (nSPS) is 14.4. The molecule has 14 aromatic carbocycles. The predicted octanol–water partition coefficient (Wildman–Crippen LogP) is 24.5. The van der Waals surface area contributed by atoms with Crippen LogP contribution in [-0.4, -0.2) is 0 Å². The maximum Gasteiger partial charge on any atom is 0.0540 e. The highest BCUT2D eigenvalue weighted by Gasteiger charge is 2.39. The number of nitrogens with zero attached hydrogens (tertiary/aromatic N) is 2. The van der Waals surface area contributed by atoms with Crippen molar-refractivity contribution in [3.8, 4) is 33.4 Å². The molecular weight excluding hydrogens is 1100 g/mol. The van der Waals surface area contributed by atoms with Crippen LogP contribution in [0.3, 0.4) is 0 Å². The lowest BCUT2D eigenvalue weighted by molar-refractivity contribution is 0.660. The quantitative estimate of drug-likeness (QED) is 0.126. The molecule has 0 aliphatic heterocycles. The second-order valence-corrected chi connectivity index (χ2v) is 26.9. The van der Waals surface area contributed by atoms with E-state index >= 15 is 0 Å². The Labute approximate surface area is 534 Å². The Morgan fingerprint density at radius 3 is 0.703 bits per heavy atom. The Morgan fingerprint density at radius 1 is 0.220 bits per heavy atom. The molecule has 2 nitrogen and oxygen atoms in total. The average Bonchev–Trinajstić information content (AvgIpc) is 1.69. The van der Waals surface area contributed by atoms with Gasteiger partial charge in [0.15, 0.2) is 0 Å². The summed E-state index contributed by atoms with van der Waals surface area (Å²) in [4.78, 5) is 4.95. The Balaban J connectivity index is 0.628. The number of rotatable bonds is 10. The third kappa shape index (κ3) is 8.68. The van der Waals surface area contributed by atoms with Crippen LogP contribution in [0, 0.1) is 0 Å². The molecule has 0 unspecified atom stereocenters. The van der Waals surface area contributed by atoms with Crippen molar-refractivity contribution in [3.63, 3.8) is 0 Å². The zero-order valence-electron chi connectivity index (χ0n) is 52.3. The van der Waals surface area contributed by atoms with Crippen molar-refractivity contribution in [2.45, 2.75) is 57.8 Å². The lowest BCUT2D eigenvalue weighted by Gasteiger charge is -2.30. The van der Waals surface area contributed by atoms with Crippen LogP contribution in [0.5, 0.6) is 0 Å². The summed E-state index contributed by atoms with van der Waals surface area (Å²) in [6.45, 7) is 14.4. The highest BCUT2D eigenvalue weighted by atomic mass is 15.2. The molecule has 0 N–H and O–H groups in total. The van der Waals surface area contributed by atoms with Gasteiger partial charge in [-0.1, -0.05) is 296 Å². The smallest absolute Gasteiger partial charge is 0.0540 e. The van der Waals surface area contributed by atoms with E-state index < -0.39 is 0 Å². The van der Waals surface area contributed by atoms with Gasteiger partial charge < -0.3 is 9.80 Å². The maximum atomic E-state index is 2.48. The highest BCUT2D eigenvalue weighted by Crippen LogP contribution is 2.55. The summed E-state index contributed by atoms with van der Waals surface area (Å²) in [5.41, 5.74) is 27.2. The first kappa shape index (κ1) is 54.4. The number of fused-ring (bicyclic) bond motifs is 13. The van der Waals surface area contributed by atoms with Crippen molar-refractivity contribution in [1.29, 1.82) is 0 Å². The molecule has 0 aromatic heterocycles. The van der Waals surface area contributed by atoms with Crippen LogP contribution >= 0.6 is 0 Å². The lowest BCUT2D eigenvalue weighted by atomic mass is 9.81. The van der Waals surface area contributed by atoms with E-state index in [1.807, 2.05) is 0 Å². The number of anilines is 6. The summed E-state index contributed by atoms with van der Waals surface area (Å²) in [7, 11) is 0. The number of hydrogen-bond acceptors (Lipinski definition) is 2. The van der Waals surface area contributed by atoms with E-state index in [1.54, 1.807) is 0 Å². The Bertz CT molecular complexity index is 4900. The molecule has 434 valence electrons. The molecule has 14 aromatic rings. The minimum Gasteiger partial charge on any atom is -0.309 e. The summed E-state index contributed by atoms with van der Waals surface area (Å²) >= 11 is 0. The van der Waals surface area contributed by atoms with Crippen LogP contribution in [0.15, 0.2) is 279 Å². The van der Waals surface area contributed by atoms with Gasteiger partial charge in [-0.25, -0.2) is 0 Å². The fourth-order valence-electron chi connectivity index (χ4n) is 15.8. The van der Waals surface area contributed by atoms with Gasteiger partial charge in [0, 0.05) is 49.2 Å². The van der Waals surface area contributed by atoms with Gasteiger partial charge in [0.1, 0.15) is 0 Å². The van der Waals surface area contributed by atoms with Crippen molar-refractivity contribution in [1.82, 2.24) is 0 Å². The second kappa shape index (κ2) is 20.6. The topological polar surface area (TPSA) is 6.48 Å². The summed E-state index contributed by atoms with van der Waals surface area (Å²) in [6, 6.07) is 104. The Kier molecular flexibility index (Phi) is 12.3. The Morgan fingerprint density at radius 2 is 0.440 bits per heavy atom. The van der Waals surface area contributed by atoms with Crippen LogP contribution in [-0.2, 0) is 16.2 Å². The van der Waals surface area contributed by atoms with E-state index in [2.05, 4.69) is 355 Å². The molecule has 0 atom stereocenters. The van der Waals surface area contributed by atoms with Crippen molar-refractivity contribution in [3.05, 3.63) is 335 Å². The molecule has 0 heterocycles. The minimum absolute atomic E-state index is 0.170. The second-order valence-electron chi connectivity index (χ2n) is 26.9. The van der Waals surface area contributed by atoms with Gasteiger partial charge in [0.2, 0.25) is 0 Å². The average molecular weight is 1170 g/mol. The van der Waals surface area contributed by atoms with Crippen LogP contribution in [0.25, 0.3) is 101 Å². The summed E-state index contributed by atoms with van der Waals surface area (Å²) in [6.07, 6.45) is 9.21. The van der Waals surface area contributed by atoms with Gasteiger partial charge in [-0.15, -0.1) is 0 Å². The third-order valence-corrected chi connectivity index (χ3v) is 20.6. The van der Waals surface area contributed by atoms with Crippen molar-refractivity contribution >= 4 is 102 Å². The van der Waals surface area contributed by atoms with Gasteiger partial charge in [-0.2, -0.15) is 0 Å². The van der Waals surface area contributed by atoms with E-state index in [0.717, 1.165) is 11.4 Å². The van der Waals surface area contributed by atoms with Gasteiger partial charge in [0.05, 0.1) is 22.7 Å². The van der Waals surface area contributed by atoms with Crippen LogP contribution in [0.2, 0.25) is 0 Å². The largest absolute Gasteiger partial charge is 0.309 e. The molecule has 3 aliphatic rings. The predicted molar refractivity (Wildman–Crippen MR) is 389 cm³/mol. The first-order valence-corrected chi connectivity index (χ1v) is 32.1. The molecule has 2 heteroatoms. The van der Waals surface area contributed by atoms with Gasteiger partial charge in [-0.3, -0.25) is 0 Å². The molecule has 0 saturated heterocycles. The fraction of sp³-hybridized carbons (Fsp3) is 0.101. The first-order chi connectivity index (χ1) is 44.4. The van der Waals surface area contributed by atoms with E-state index in [0.29, 0.717) is 0 Å².